The minimum absolute atomic E-state index is 0.153. The molecule has 0 atom stereocenters. The number of fused-ring (bicyclic) bond motifs is 1. The monoisotopic (exact) mass is 478 g/mol. The molecule has 162 valence electrons. The van der Waals surface area contributed by atoms with Gasteiger partial charge in [0.2, 0.25) is 10.0 Å². The summed E-state index contributed by atoms with van der Waals surface area (Å²) in [5.74, 6) is -0.153. The van der Waals surface area contributed by atoms with Crippen molar-refractivity contribution in [3.8, 4) is 0 Å². The quantitative estimate of drug-likeness (QED) is 0.592. The van der Waals surface area contributed by atoms with Crippen LogP contribution in [0.4, 0.5) is 5.69 Å². The van der Waals surface area contributed by atoms with Crippen LogP contribution in [0.15, 0.2) is 65.6 Å². The van der Waals surface area contributed by atoms with E-state index < -0.39 is 10.0 Å². The summed E-state index contributed by atoms with van der Waals surface area (Å²) in [6, 6.07) is 17.8. The van der Waals surface area contributed by atoms with Gasteiger partial charge in [-0.3, -0.25) is 4.79 Å². The number of quaternary nitrogens is 1. The van der Waals surface area contributed by atoms with E-state index in [0.717, 1.165) is 15.7 Å². The third kappa shape index (κ3) is 5.02. The van der Waals surface area contributed by atoms with Crippen LogP contribution in [-0.4, -0.2) is 51.4 Å². The second kappa shape index (κ2) is 9.14. The molecule has 2 N–H and O–H groups in total. The highest BCUT2D eigenvalue weighted by Crippen LogP contribution is 2.25. The Morgan fingerprint density at radius 3 is 2.35 bits per heavy atom. The molecule has 6 nitrogen and oxygen atoms in total. The van der Waals surface area contributed by atoms with Crippen molar-refractivity contribution in [2.75, 3.05) is 38.0 Å². The van der Waals surface area contributed by atoms with Gasteiger partial charge in [0.1, 0.15) is 0 Å². The Labute approximate surface area is 191 Å². The first-order valence-corrected chi connectivity index (χ1v) is 12.1. The number of nitrogens with one attached hydrogen (secondary N) is 2. The summed E-state index contributed by atoms with van der Waals surface area (Å²) < 4.78 is 27.6. The molecule has 0 aliphatic carbocycles. The van der Waals surface area contributed by atoms with Crippen molar-refractivity contribution in [3.63, 3.8) is 0 Å². The lowest BCUT2D eigenvalue weighted by Gasteiger charge is -2.31. The lowest BCUT2D eigenvalue weighted by Crippen LogP contribution is -3.15. The van der Waals surface area contributed by atoms with Crippen molar-refractivity contribution < 1.29 is 18.1 Å². The number of nitrogens with zero attached hydrogens (tertiary/aromatic N) is 1. The summed E-state index contributed by atoms with van der Waals surface area (Å²) in [7, 11) is -3.57. The van der Waals surface area contributed by atoms with Gasteiger partial charge in [0.25, 0.3) is 5.91 Å². The number of hydrogen-bond donors (Lipinski definition) is 2. The van der Waals surface area contributed by atoms with Gasteiger partial charge in [0, 0.05) is 5.69 Å². The molecule has 0 unspecified atom stereocenters. The Morgan fingerprint density at radius 2 is 1.65 bits per heavy atom. The van der Waals surface area contributed by atoms with E-state index in [-0.39, 0.29) is 12.5 Å². The molecule has 1 saturated heterocycles. The predicted octanol–water partition coefficient (Wildman–Crippen LogP) is 2.67. The number of anilines is 1. The van der Waals surface area contributed by atoms with Crippen LogP contribution in [0.1, 0.15) is 0 Å². The second-order valence-corrected chi connectivity index (χ2v) is 10.3. The molecule has 4 rings (SSSR count). The van der Waals surface area contributed by atoms with Crippen LogP contribution in [0.5, 0.6) is 0 Å². The zero-order valence-corrected chi connectivity index (χ0v) is 19.0. The lowest BCUT2D eigenvalue weighted by molar-refractivity contribution is -0.895. The van der Waals surface area contributed by atoms with Gasteiger partial charge in [0.05, 0.1) is 41.1 Å². The number of halogens is 2. The van der Waals surface area contributed by atoms with Gasteiger partial charge in [-0.2, -0.15) is 4.31 Å². The smallest absolute Gasteiger partial charge is 0.279 e. The predicted molar refractivity (Wildman–Crippen MR) is 123 cm³/mol. The first kappa shape index (κ1) is 22.0. The highest BCUT2D eigenvalue weighted by molar-refractivity contribution is 7.89. The number of hydrogen-bond acceptors (Lipinski definition) is 3. The van der Waals surface area contributed by atoms with Crippen molar-refractivity contribution in [3.05, 3.63) is 70.7 Å². The summed E-state index contributed by atoms with van der Waals surface area (Å²) >= 11 is 11.9. The molecule has 0 saturated carbocycles. The van der Waals surface area contributed by atoms with Crippen LogP contribution in [0.3, 0.4) is 0 Å². The van der Waals surface area contributed by atoms with Crippen LogP contribution < -0.4 is 10.2 Å². The van der Waals surface area contributed by atoms with Crippen molar-refractivity contribution in [1.82, 2.24) is 4.31 Å². The van der Waals surface area contributed by atoms with E-state index in [1.165, 1.54) is 4.31 Å². The molecule has 3 aromatic carbocycles. The maximum absolute atomic E-state index is 13.1. The van der Waals surface area contributed by atoms with Gasteiger partial charge in [-0.15, -0.1) is 0 Å². The summed E-state index contributed by atoms with van der Waals surface area (Å²) in [5, 5.41) is 5.50. The van der Waals surface area contributed by atoms with Crippen molar-refractivity contribution in [1.29, 1.82) is 0 Å². The first-order chi connectivity index (χ1) is 14.8. The maximum atomic E-state index is 13.1. The molecule has 1 aliphatic heterocycles. The average Bonchev–Trinajstić information content (AvgIpc) is 2.76. The molecule has 31 heavy (non-hydrogen) atoms. The largest absolute Gasteiger partial charge is 0.325 e. The third-order valence-electron chi connectivity index (χ3n) is 5.40. The number of amides is 1. The summed E-state index contributed by atoms with van der Waals surface area (Å²) in [5.41, 5.74) is 0.580. The molecule has 3 aromatic rings. The van der Waals surface area contributed by atoms with Crippen LogP contribution in [0, 0.1) is 0 Å². The molecule has 9 heteroatoms. The molecule has 1 heterocycles. The number of rotatable bonds is 5. The summed E-state index contributed by atoms with van der Waals surface area (Å²) in [4.78, 5) is 13.7. The molecule has 1 fully saturated rings. The molecular formula is C22H22Cl2N3O3S+. The van der Waals surface area contributed by atoms with Gasteiger partial charge in [-0.25, -0.2) is 8.42 Å². The fourth-order valence-electron chi connectivity index (χ4n) is 3.70. The zero-order chi connectivity index (χ0) is 22.0. The molecule has 0 spiro atoms. The minimum Gasteiger partial charge on any atom is -0.325 e. The van der Waals surface area contributed by atoms with Gasteiger partial charge >= 0.3 is 0 Å². The van der Waals surface area contributed by atoms with E-state index in [9.17, 15) is 13.2 Å². The van der Waals surface area contributed by atoms with Crippen LogP contribution >= 0.6 is 23.2 Å². The first-order valence-electron chi connectivity index (χ1n) is 9.90. The molecule has 1 amide bonds. The summed E-state index contributed by atoms with van der Waals surface area (Å²) in [6.07, 6.45) is 0. The van der Waals surface area contributed by atoms with Gasteiger partial charge < -0.3 is 10.2 Å². The highest BCUT2D eigenvalue weighted by atomic mass is 35.5. The van der Waals surface area contributed by atoms with Crippen LogP contribution in [0.25, 0.3) is 10.8 Å². The van der Waals surface area contributed by atoms with E-state index in [1.807, 2.05) is 30.3 Å². The Bertz CT molecular complexity index is 1230. The fourth-order valence-corrected chi connectivity index (χ4v) is 5.48. The number of piperazine rings is 1. The number of benzene rings is 3. The Morgan fingerprint density at radius 1 is 0.935 bits per heavy atom. The standard InChI is InChI=1S/C22H21Cl2N3O3S/c23-20-8-6-18(14-21(20)24)25-22(28)15-26-9-11-27(12-10-26)31(29,30)19-7-5-16-3-1-2-4-17(16)13-19/h1-8,13-14H,9-12,15H2,(H,25,28)/p+1. The van der Waals surface area contributed by atoms with Gasteiger partial charge in [-0.05, 0) is 41.1 Å². The topological polar surface area (TPSA) is 70.9 Å². The normalized spacial score (nSPS) is 15.8. The number of carbonyl (C=O) groups is 1. The van der Waals surface area contributed by atoms with Crippen molar-refractivity contribution in [2.24, 2.45) is 0 Å². The molecule has 1 aliphatic rings. The molecular weight excluding hydrogens is 457 g/mol. The van der Waals surface area contributed by atoms with Crippen LogP contribution in [0.2, 0.25) is 10.0 Å². The SMILES string of the molecule is O=C(C[NH+]1CCN(S(=O)(=O)c2ccc3ccccc3c2)CC1)Nc1ccc(Cl)c(Cl)c1. The fraction of sp³-hybridized carbons (Fsp3) is 0.227. The van der Waals surface area contributed by atoms with Gasteiger partial charge in [-0.1, -0.05) is 53.5 Å². The van der Waals surface area contributed by atoms with E-state index in [0.29, 0.717) is 46.8 Å². The molecule has 0 aromatic heterocycles. The number of carbonyl (C=O) groups excluding carboxylic acids is 1. The average molecular weight is 479 g/mol. The Kier molecular flexibility index (Phi) is 6.50. The molecule has 0 radical (unpaired) electrons. The third-order valence-corrected chi connectivity index (χ3v) is 8.04. The Balaban J connectivity index is 1.36. The summed E-state index contributed by atoms with van der Waals surface area (Å²) in [6.45, 7) is 2.10. The van der Waals surface area contributed by atoms with E-state index >= 15 is 0 Å². The van der Waals surface area contributed by atoms with Gasteiger partial charge in [0.15, 0.2) is 6.54 Å². The Hall–Kier alpha value is -2.16. The minimum atomic E-state index is -3.57. The van der Waals surface area contributed by atoms with E-state index in [4.69, 9.17) is 23.2 Å². The van der Waals surface area contributed by atoms with Crippen molar-refractivity contribution >= 4 is 55.6 Å². The maximum Gasteiger partial charge on any atom is 0.279 e. The van der Waals surface area contributed by atoms with Crippen molar-refractivity contribution in [2.45, 2.75) is 4.90 Å². The molecule has 0 bridgehead atoms. The van der Waals surface area contributed by atoms with E-state index in [1.54, 1.807) is 30.3 Å². The second-order valence-electron chi connectivity index (χ2n) is 7.52. The van der Waals surface area contributed by atoms with E-state index in [2.05, 4.69) is 5.32 Å². The van der Waals surface area contributed by atoms with Crippen LogP contribution in [-0.2, 0) is 14.8 Å². The lowest BCUT2D eigenvalue weighted by atomic mass is 10.1. The highest BCUT2D eigenvalue weighted by Gasteiger charge is 2.31. The number of sulfonamides is 1. The zero-order valence-electron chi connectivity index (χ0n) is 16.6.